The van der Waals surface area contributed by atoms with E-state index in [2.05, 4.69) is 19.6 Å². The van der Waals surface area contributed by atoms with Crippen LogP contribution < -0.4 is 0 Å². The lowest BCUT2D eigenvalue weighted by atomic mass is 10.2. The molecule has 5 heteroatoms. The maximum absolute atomic E-state index is 13.0. The van der Waals surface area contributed by atoms with Crippen LogP contribution in [0.1, 0.15) is 12.8 Å². The first-order chi connectivity index (χ1) is 9.23. The van der Waals surface area contributed by atoms with Crippen LogP contribution >= 0.6 is 0 Å². The van der Waals surface area contributed by atoms with Crippen molar-refractivity contribution in [3.8, 4) is 0 Å². The van der Waals surface area contributed by atoms with Crippen molar-refractivity contribution in [3.05, 3.63) is 30.3 Å². The van der Waals surface area contributed by atoms with Crippen molar-refractivity contribution in [3.63, 3.8) is 0 Å². The fourth-order valence-corrected chi connectivity index (χ4v) is 9.50. The van der Waals surface area contributed by atoms with Crippen LogP contribution in [0.15, 0.2) is 35.2 Å². The molecule has 2 atom stereocenters. The monoisotopic (exact) mass is 312 g/mol. The summed E-state index contributed by atoms with van der Waals surface area (Å²) in [4.78, 5) is 0.429. The molecule has 0 amide bonds. The Morgan fingerprint density at radius 2 is 1.85 bits per heavy atom. The summed E-state index contributed by atoms with van der Waals surface area (Å²) in [5, 5.41) is 9.16. The molecule has 0 unspecified atom stereocenters. The molecule has 1 aliphatic rings. The number of rotatable bonds is 6. The van der Waals surface area contributed by atoms with E-state index in [1.165, 1.54) is 0 Å². The smallest absolute Gasteiger partial charge is 0.184 e. The summed E-state index contributed by atoms with van der Waals surface area (Å²) in [6.07, 6.45) is 1.30. The zero-order valence-corrected chi connectivity index (χ0v) is 14.3. The van der Waals surface area contributed by atoms with E-state index in [9.17, 15) is 8.42 Å². The Morgan fingerprint density at radius 1 is 1.25 bits per heavy atom. The summed E-state index contributed by atoms with van der Waals surface area (Å²) in [5.41, 5.74) is 0. The molecule has 0 heterocycles. The van der Waals surface area contributed by atoms with E-state index >= 15 is 0 Å². The van der Waals surface area contributed by atoms with E-state index < -0.39 is 22.7 Å². The van der Waals surface area contributed by atoms with Gasteiger partial charge >= 0.3 is 0 Å². The van der Waals surface area contributed by atoms with Crippen LogP contribution in [0.5, 0.6) is 0 Å². The third-order valence-corrected chi connectivity index (χ3v) is 8.63. The molecule has 2 rings (SSSR count). The second-order valence-electron chi connectivity index (χ2n) is 7.03. The zero-order chi connectivity index (χ0) is 15.0. The van der Waals surface area contributed by atoms with E-state index in [0.717, 1.165) is 6.04 Å². The normalized spacial score (nSPS) is 26.5. The van der Waals surface area contributed by atoms with Crippen LogP contribution in [0.2, 0.25) is 25.7 Å². The molecule has 0 bridgehead atoms. The minimum atomic E-state index is -3.31. The van der Waals surface area contributed by atoms with Gasteiger partial charge in [0.2, 0.25) is 0 Å². The molecular formula is C15H24O3SSi. The molecule has 3 nitrogen and oxygen atoms in total. The topological polar surface area (TPSA) is 54.4 Å². The van der Waals surface area contributed by atoms with Crippen molar-refractivity contribution in [2.24, 2.45) is 5.92 Å². The van der Waals surface area contributed by atoms with Gasteiger partial charge in [-0.25, -0.2) is 8.42 Å². The molecule has 1 aromatic carbocycles. The Labute approximate surface area is 123 Å². The average Bonchev–Trinajstić information content (AvgIpc) is 3.03. The quantitative estimate of drug-likeness (QED) is 0.822. The van der Waals surface area contributed by atoms with Gasteiger partial charge in [0, 0.05) is 14.7 Å². The maximum Gasteiger partial charge on any atom is 0.184 e. The van der Waals surface area contributed by atoms with Crippen molar-refractivity contribution in [1.82, 2.24) is 0 Å². The summed E-state index contributed by atoms with van der Waals surface area (Å²) in [6, 6.07) is 9.55. The summed E-state index contributed by atoms with van der Waals surface area (Å²) < 4.78 is 25.4. The largest absolute Gasteiger partial charge is 0.396 e. The van der Waals surface area contributed by atoms with Gasteiger partial charge in [-0.05, 0) is 36.9 Å². The van der Waals surface area contributed by atoms with Crippen molar-refractivity contribution >= 4 is 17.9 Å². The molecule has 1 fully saturated rings. The van der Waals surface area contributed by atoms with Gasteiger partial charge in [0.1, 0.15) is 0 Å². The number of aliphatic hydroxyl groups is 1. The summed E-state index contributed by atoms with van der Waals surface area (Å²) in [7, 11) is -4.81. The summed E-state index contributed by atoms with van der Waals surface area (Å²) in [6.45, 7) is 6.71. The molecule has 1 saturated carbocycles. The third kappa shape index (κ3) is 2.85. The van der Waals surface area contributed by atoms with Crippen molar-refractivity contribution in [1.29, 1.82) is 0 Å². The first kappa shape index (κ1) is 15.7. The van der Waals surface area contributed by atoms with Crippen molar-refractivity contribution < 1.29 is 13.5 Å². The standard InChI is InChI=1S/C15H24O3SSi/c1-20(2,3)12-15(11-13(15)9-10-16)19(17,18)14-7-5-4-6-8-14/h4-8,13,16H,9-12H2,1-3H3/t13-,15+/m1/s1. The van der Waals surface area contributed by atoms with Gasteiger partial charge in [0.25, 0.3) is 0 Å². The summed E-state index contributed by atoms with van der Waals surface area (Å²) >= 11 is 0. The highest BCUT2D eigenvalue weighted by Crippen LogP contribution is 2.58. The van der Waals surface area contributed by atoms with E-state index in [4.69, 9.17) is 5.11 Å². The molecule has 112 valence electrons. The second kappa shape index (κ2) is 5.28. The lowest BCUT2D eigenvalue weighted by molar-refractivity contribution is 0.278. The van der Waals surface area contributed by atoms with Crippen LogP contribution in [0, 0.1) is 5.92 Å². The number of aliphatic hydroxyl groups excluding tert-OH is 1. The number of hydrogen-bond acceptors (Lipinski definition) is 3. The van der Waals surface area contributed by atoms with Crippen LogP contribution in [-0.4, -0.2) is 33.0 Å². The van der Waals surface area contributed by atoms with Gasteiger partial charge in [-0.2, -0.15) is 0 Å². The van der Waals surface area contributed by atoms with Crippen LogP contribution in [0.25, 0.3) is 0 Å². The SMILES string of the molecule is C[Si](C)(C)C[C@@]1(S(=O)(=O)c2ccccc2)C[C@H]1CCO. The van der Waals surface area contributed by atoms with Gasteiger partial charge in [-0.3, -0.25) is 0 Å². The number of benzene rings is 1. The summed E-state index contributed by atoms with van der Waals surface area (Å²) in [5.74, 6) is 0.115. The average molecular weight is 313 g/mol. The van der Waals surface area contributed by atoms with Gasteiger partial charge in [0.05, 0.1) is 9.64 Å². The third-order valence-electron chi connectivity index (χ3n) is 4.07. The Kier molecular flexibility index (Phi) is 4.15. The van der Waals surface area contributed by atoms with Crippen LogP contribution in [-0.2, 0) is 9.84 Å². The van der Waals surface area contributed by atoms with E-state index in [-0.39, 0.29) is 12.5 Å². The van der Waals surface area contributed by atoms with Crippen molar-refractivity contribution in [2.45, 2.75) is 48.2 Å². The van der Waals surface area contributed by atoms with Crippen molar-refractivity contribution in [2.75, 3.05) is 6.61 Å². The van der Waals surface area contributed by atoms with E-state index in [1.54, 1.807) is 24.3 Å². The Balaban J connectivity index is 2.39. The first-order valence-corrected chi connectivity index (χ1v) is 12.3. The van der Waals surface area contributed by atoms with Gasteiger partial charge in [0.15, 0.2) is 9.84 Å². The molecule has 0 aromatic heterocycles. The lowest BCUT2D eigenvalue weighted by Crippen LogP contribution is -2.35. The molecule has 0 saturated heterocycles. The Morgan fingerprint density at radius 3 is 2.35 bits per heavy atom. The van der Waals surface area contributed by atoms with Gasteiger partial charge in [-0.1, -0.05) is 37.8 Å². The predicted molar refractivity (Wildman–Crippen MR) is 84.3 cm³/mol. The Hall–Kier alpha value is -0.653. The lowest BCUT2D eigenvalue weighted by Gasteiger charge is -2.26. The second-order valence-corrected chi connectivity index (χ2v) is 14.8. The van der Waals surface area contributed by atoms with Crippen LogP contribution in [0.3, 0.4) is 0 Å². The molecule has 1 N–H and O–H groups in total. The predicted octanol–water partition coefficient (Wildman–Crippen LogP) is 2.94. The minimum absolute atomic E-state index is 0.0718. The number of hydrogen-bond donors (Lipinski definition) is 1. The molecule has 0 spiro atoms. The molecule has 1 aliphatic carbocycles. The highest BCUT2D eigenvalue weighted by atomic mass is 32.2. The molecule has 20 heavy (non-hydrogen) atoms. The fourth-order valence-electron chi connectivity index (χ4n) is 3.25. The van der Waals surface area contributed by atoms with Gasteiger partial charge < -0.3 is 5.11 Å². The highest BCUT2D eigenvalue weighted by Gasteiger charge is 2.64. The fraction of sp³-hybridized carbons (Fsp3) is 0.600. The molecule has 0 radical (unpaired) electrons. The van der Waals surface area contributed by atoms with Gasteiger partial charge in [-0.15, -0.1) is 0 Å². The molecular weight excluding hydrogens is 288 g/mol. The first-order valence-electron chi connectivity index (χ1n) is 7.13. The van der Waals surface area contributed by atoms with E-state index in [1.807, 2.05) is 6.07 Å². The highest BCUT2D eigenvalue weighted by molar-refractivity contribution is 7.93. The zero-order valence-electron chi connectivity index (χ0n) is 12.5. The van der Waals surface area contributed by atoms with Crippen LogP contribution in [0.4, 0.5) is 0 Å². The minimum Gasteiger partial charge on any atom is -0.396 e. The molecule has 1 aromatic rings. The van der Waals surface area contributed by atoms with E-state index in [0.29, 0.717) is 17.7 Å². The Bertz CT molecular complexity index is 563. The molecule has 0 aliphatic heterocycles. The number of sulfone groups is 1. The maximum atomic E-state index is 13.0.